The number of carbonyl (C=O) groups is 1. The third kappa shape index (κ3) is 3.04. The van der Waals surface area contributed by atoms with Gasteiger partial charge in [0.1, 0.15) is 0 Å². The molecule has 5 heteroatoms. The average Bonchev–Trinajstić information content (AvgIpc) is 2.92. The summed E-state index contributed by atoms with van der Waals surface area (Å²) in [4.78, 5) is 12.0. The molecule has 0 aliphatic carbocycles. The number of nitrogens with zero attached hydrogens (tertiary/aromatic N) is 1. The smallest absolute Gasteiger partial charge is 0.228 e. The quantitative estimate of drug-likeness (QED) is 0.501. The highest BCUT2D eigenvalue weighted by atomic mass is 32.2. The monoisotopic (exact) mass is 264 g/mol. The van der Waals surface area contributed by atoms with Crippen LogP contribution in [0.25, 0.3) is 0 Å². The molecule has 0 radical (unpaired) electrons. The third-order valence-corrected chi connectivity index (χ3v) is 4.16. The Morgan fingerprint density at radius 2 is 2.39 bits per heavy atom. The van der Waals surface area contributed by atoms with Crippen LogP contribution in [0.3, 0.4) is 0 Å². The lowest BCUT2D eigenvalue weighted by Gasteiger charge is -2.10. The van der Waals surface area contributed by atoms with Crippen LogP contribution in [0.2, 0.25) is 0 Å². The highest BCUT2D eigenvalue weighted by Gasteiger charge is 2.23. The Bertz CT molecular complexity index is 468. The molecular formula is C13H16N2O2S. The maximum Gasteiger partial charge on any atom is 0.228 e. The molecule has 1 fully saturated rings. The number of thioether (sulfide) groups is 1. The molecule has 2 N–H and O–H groups in total. The fourth-order valence-corrected chi connectivity index (χ4v) is 3.09. The highest BCUT2D eigenvalue weighted by Crippen LogP contribution is 2.24. The van der Waals surface area contributed by atoms with Gasteiger partial charge in [-0.15, -0.1) is 0 Å². The Balaban J connectivity index is 2.07. The molecule has 1 atom stereocenters. The SMILES string of the molecule is CC(=NO)c1cccc(NC(=O)C2CCSC2)c1. The molecule has 2 rings (SSSR count). The van der Waals surface area contributed by atoms with Gasteiger partial charge < -0.3 is 10.5 Å². The van der Waals surface area contributed by atoms with Crippen LogP contribution < -0.4 is 5.32 Å². The Morgan fingerprint density at radius 1 is 1.56 bits per heavy atom. The first-order valence-corrected chi connectivity index (χ1v) is 7.04. The van der Waals surface area contributed by atoms with Crippen molar-refractivity contribution < 1.29 is 10.0 Å². The Hall–Kier alpha value is -1.49. The van der Waals surface area contributed by atoms with Crippen molar-refractivity contribution in [3.8, 4) is 0 Å². The zero-order valence-electron chi connectivity index (χ0n) is 10.2. The first-order chi connectivity index (χ1) is 8.70. The number of hydrogen-bond acceptors (Lipinski definition) is 4. The lowest BCUT2D eigenvalue weighted by Crippen LogP contribution is -2.22. The molecule has 96 valence electrons. The molecule has 1 unspecified atom stereocenters. The first kappa shape index (κ1) is 13.0. The van der Waals surface area contributed by atoms with Gasteiger partial charge in [0.05, 0.1) is 5.71 Å². The minimum atomic E-state index is 0.0794. The summed E-state index contributed by atoms with van der Waals surface area (Å²) in [7, 11) is 0. The van der Waals surface area contributed by atoms with Gasteiger partial charge in [-0.05, 0) is 31.2 Å². The molecule has 0 aromatic heterocycles. The minimum absolute atomic E-state index is 0.0794. The predicted octanol–water partition coefficient (Wildman–Crippen LogP) is 2.58. The van der Waals surface area contributed by atoms with Gasteiger partial charge >= 0.3 is 0 Å². The third-order valence-electron chi connectivity index (χ3n) is 3.00. The molecule has 0 spiro atoms. The van der Waals surface area contributed by atoms with E-state index < -0.39 is 0 Å². The van der Waals surface area contributed by atoms with Gasteiger partial charge in [0.2, 0.25) is 5.91 Å². The van der Waals surface area contributed by atoms with E-state index in [2.05, 4.69) is 10.5 Å². The minimum Gasteiger partial charge on any atom is -0.411 e. The van der Waals surface area contributed by atoms with Gasteiger partial charge in [0, 0.05) is 22.9 Å². The summed E-state index contributed by atoms with van der Waals surface area (Å²) in [6.07, 6.45) is 0.952. The van der Waals surface area contributed by atoms with Crippen molar-refractivity contribution in [3.63, 3.8) is 0 Å². The van der Waals surface area contributed by atoms with Crippen molar-refractivity contribution in [1.29, 1.82) is 0 Å². The lowest BCUT2D eigenvalue weighted by atomic mass is 10.1. The molecule has 1 aliphatic rings. The number of oxime groups is 1. The second-order valence-electron chi connectivity index (χ2n) is 4.32. The molecule has 4 nitrogen and oxygen atoms in total. The van der Waals surface area contributed by atoms with Gasteiger partial charge in [0.15, 0.2) is 0 Å². The van der Waals surface area contributed by atoms with Crippen LogP contribution in [0.1, 0.15) is 18.9 Å². The summed E-state index contributed by atoms with van der Waals surface area (Å²) in [6.45, 7) is 1.72. The summed E-state index contributed by atoms with van der Waals surface area (Å²) in [5.74, 6) is 2.17. The van der Waals surface area contributed by atoms with E-state index in [9.17, 15) is 4.79 Å². The zero-order valence-corrected chi connectivity index (χ0v) is 11.0. The molecule has 1 aromatic rings. The van der Waals surface area contributed by atoms with E-state index in [1.54, 1.807) is 6.92 Å². The fraction of sp³-hybridized carbons (Fsp3) is 0.385. The van der Waals surface area contributed by atoms with Crippen molar-refractivity contribution in [3.05, 3.63) is 29.8 Å². The van der Waals surface area contributed by atoms with E-state index in [0.717, 1.165) is 29.2 Å². The van der Waals surface area contributed by atoms with E-state index in [-0.39, 0.29) is 11.8 Å². The molecule has 1 aromatic carbocycles. The van der Waals surface area contributed by atoms with Crippen LogP contribution in [0, 0.1) is 5.92 Å². The number of benzene rings is 1. The van der Waals surface area contributed by atoms with E-state index in [4.69, 9.17) is 5.21 Å². The Morgan fingerprint density at radius 3 is 3.06 bits per heavy atom. The molecular weight excluding hydrogens is 248 g/mol. The van der Waals surface area contributed by atoms with Crippen molar-refractivity contribution in [2.24, 2.45) is 11.1 Å². The second-order valence-corrected chi connectivity index (χ2v) is 5.47. The topological polar surface area (TPSA) is 61.7 Å². The second kappa shape index (κ2) is 5.91. The van der Waals surface area contributed by atoms with Crippen LogP contribution in [0.5, 0.6) is 0 Å². The van der Waals surface area contributed by atoms with Gasteiger partial charge in [-0.25, -0.2) is 0 Å². The maximum atomic E-state index is 12.0. The van der Waals surface area contributed by atoms with Crippen LogP contribution in [0.4, 0.5) is 5.69 Å². The van der Waals surface area contributed by atoms with Gasteiger partial charge in [0.25, 0.3) is 0 Å². The van der Waals surface area contributed by atoms with Crippen LogP contribution in [0.15, 0.2) is 29.4 Å². The normalized spacial score (nSPS) is 19.8. The maximum absolute atomic E-state index is 12.0. The van der Waals surface area contributed by atoms with Gasteiger partial charge in [-0.3, -0.25) is 4.79 Å². The van der Waals surface area contributed by atoms with Gasteiger partial charge in [-0.1, -0.05) is 17.3 Å². The first-order valence-electron chi connectivity index (χ1n) is 5.88. The van der Waals surface area contributed by atoms with E-state index in [1.807, 2.05) is 36.0 Å². The highest BCUT2D eigenvalue weighted by molar-refractivity contribution is 7.99. The summed E-state index contributed by atoms with van der Waals surface area (Å²) in [5.41, 5.74) is 2.08. The number of anilines is 1. The Labute approximate surface area is 110 Å². The molecule has 0 bridgehead atoms. The summed E-state index contributed by atoms with van der Waals surface area (Å²) < 4.78 is 0. The van der Waals surface area contributed by atoms with Crippen LogP contribution >= 0.6 is 11.8 Å². The lowest BCUT2D eigenvalue weighted by molar-refractivity contribution is -0.119. The number of rotatable bonds is 3. The molecule has 1 aliphatic heterocycles. The van der Waals surface area contributed by atoms with Crippen molar-refractivity contribution >= 4 is 29.1 Å². The van der Waals surface area contributed by atoms with E-state index in [1.165, 1.54) is 0 Å². The van der Waals surface area contributed by atoms with Crippen molar-refractivity contribution in [2.45, 2.75) is 13.3 Å². The zero-order chi connectivity index (χ0) is 13.0. The summed E-state index contributed by atoms with van der Waals surface area (Å²) >= 11 is 1.82. The summed E-state index contributed by atoms with van der Waals surface area (Å²) in [6, 6.07) is 7.34. The molecule has 1 saturated heterocycles. The van der Waals surface area contributed by atoms with Crippen molar-refractivity contribution in [2.75, 3.05) is 16.8 Å². The van der Waals surface area contributed by atoms with Gasteiger partial charge in [-0.2, -0.15) is 11.8 Å². The average molecular weight is 264 g/mol. The number of amides is 1. The van der Waals surface area contributed by atoms with E-state index >= 15 is 0 Å². The standard InChI is InChI=1S/C13H16N2O2S/c1-9(15-17)10-3-2-4-12(7-10)14-13(16)11-5-6-18-8-11/h2-4,7,11,17H,5-6,8H2,1H3,(H,14,16). The van der Waals surface area contributed by atoms with E-state index in [0.29, 0.717) is 5.71 Å². The molecule has 1 amide bonds. The molecule has 1 heterocycles. The Kier molecular flexibility index (Phi) is 4.25. The molecule has 0 saturated carbocycles. The number of nitrogens with one attached hydrogen (secondary N) is 1. The van der Waals surface area contributed by atoms with Crippen molar-refractivity contribution in [1.82, 2.24) is 0 Å². The largest absolute Gasteiger partial charge is 0.411 e. The van der Waals surface area contributed by atoms with Crippen LogP contribution in [-0.2, 0) is 4.79 Å². The molecule has 18 heavy (non-hydrogen) atoms. The number of hydrogen-bond donors (Lipinski definition) is 2. The number of carbonyl (C=O) groups excluding carboxylic acids is 1. The fourth-order valence-electron chi connectivity index (χ4n) is 1.87. The predicted molar refractivity (Wildman–Crippen MR) is 74.5 cm³/mol. The summed E-state index contributed by atoms with van der Waals surface area (Å²) in [5, 5.41) is 14.8. The van der Waals surface area contributed by atoms with Crippen LogP contribution in [-0.4, -0.2) is 28.3 Å².